The largest absolute Gasteiger partial charge is 0.497 e. The molecule has 2 rings (SSSR count). The molecule has 0 aromatic heterocycles. The molecular weight excluding hydrogens is 303 g/mol. The van der Waals surface area contributed by atoms with E-state index in [0.29, 0.717) is 23.3 Å². The molecule has 0 spiro atoms. The lowest BCUT2D eigenvalue weighted by molar-refractivity contribution is 0.343. The first-order chi connectivity index (χ1) is 10.7. The molecule has 0 atom stereocenters. The van der Waals surface area contributed by atoms with Crippen LogP contribution in [0.1, 0.15) is 0 Å². The van der Waals surface area contributed by atoms with Crippen LogP contribution in [0.15, 0.2) is 53.5 Å². The predicted octanol–water partition coefficient (Wildman–Crippen LogP) is 3.59. The Balaban J connectivity index is 1.78. The van der Waals surface area contributed by atoms with E-state index in [1.807, 2.05) is 24.3 Å². The van der Waals surface area contributed by atoms with Gasteiger partial charge in [-0.2, -0.15) is 0 Å². The van der Waals surface area contributed by atoms with Crippen molar-refractivity contribution in [3.8, 4) is 11.5 Å². The summed E-state index contributed by atoms with van der Waals surface area (Å²) >= 11 is 1.39. The summed E-state index contributed by atoms with van der Waals surface area (Å²) in [5.41, 5.74) is 6.60. The number of methoxy groups -OCH3 is 1. The minimum absolute atomic E-state index is 0.281. The SMILES string of the molecule is COc1cccc(N=C(N)SCCOc2ccc(F)cc2)c1. The number of nitrogens with two attached hydrogens (primary N) is 1. The second-order valence-electron chi connectivity index (χ2n) is 4.30. The zero-order chi connectivity index (χ0) is 15.8. The number of hydrogen-bond acceptors (Lipinski definition) is 4. The molecule has 22 heavy (non-hydrogen) atoms. The molecule has 0 radical (unpaired) electrons. The molecule has 0 bridgehead atoms. The summed E-state index contributed by atoms with van der Waals surface area (Å²) in [6, 6.07) is 13.3. The van der Waals surface area contributed by atoms with Crippen molar-refractivity contribution in [3.05, 3.63) is 54.3 Å². The van der Waals surface area contributed by atoms with Crippen LogP contribution in [-0.4, -0.2) is 24.6 Å². The van der Waals surface area contributed by atoms with Crippen molar-refractivity contribution in [2.45, 2.75) is 0 Å². The summed E-state index contributed by atoms with van der Waals surface area (Å²) < 4.78 is 23.3. The number of nitrogens with zero attached hydrogens (tertiary/aromatic N) is 1. The summed E-state index contributed by atoms with van der Waals surface area (Å²) in [6.07, 6.45) is 0. The van der Waals surface area contributed by atoms with Gasteiger partial charge in [0.1, 0.15) is 17.3 Å². The van der Waals surface area contributed by atoms with Gasteiger partial charge in [-0.3, -0.25) is 0 Å². The molecule has 0 amide bonds. The van der Waals surface area contributed by atoms with Crippen LogP contribution in [0.5, 0.6) is 11.5 Å². The Morgan fingerprint density at radius 1 is 1.18 bits per heavy atom. The summed E-state index contributed by atoms with van der Waals surface area (Å²) in [6.45, 7) is 0.463. The molecular formula is C16H17FN2O2S. The minimum Gasteiger partial charge on any atom is -0.497 e. The van der Waals surface area contributed by atoms with Crippen molar-refractivity contribution in [3.63, 3.8) is 0 Å². The van der Waals surface area contributed by atoms with Crippen LogP contribution in [0.25, 0.3) is 0 Å². The monoisotopic (exact) mass is 320 g/mol. The number of aliphatic imine (C=N–C) groups is 1. The quantitative estimate of drug-likeness (QED) is 0.502. The molecule has 2 N–H and O–H groups in total. The van der Waals surface area contributed by atoms with Crippen LogP contribution in [0.3, 0.4) is 0 Å². The Bertz CT molecular complexity index is 632. The Labute approximate surface area is 133 Å². The number of halogens is 1. The maximum Gasteiger partial charge on any atom is 0.159 e. The molecule has 0 aliphatic heterocycles. The first kappa shape index (κ1) is 16.2. The van der Waals surface area contributed by atoms with E-state index < -0.39 is 0 Å². The van der Waals surface area contributed by atoms with Crippen LogP contribution >= 0.6 is 11.8 Å². The number of benzene rings is 2. The van der Waals surface area contributed by atoms with Gasteiger partial charge in [-0.15, -0.1) is 0 Å². The van der Waals surface area contributed by atoms with Gasteiger partial charge in [0.05, 0.1) is 19.4 Å². The number of ether oxygens (including phenoxy) is 2. The maximum atomic E-state index is 12.7. The van der Waals surface area contributed by atoms with Crippen molar-refractivity contribution in [2.75, 3.05) is 19.5 Å². The number of rotatable bonds is 6. The van der Waals surface area contributed by atoms with E-state index in [0.717, 1.165) is 11.4 Å². The molecule has 0 heterocycles. The third kappa shape index (κ3) is 5.29. The molecule has 116 valence electrons. The minimum atomic E-state index is -0.281. The lowest BCUT2D eigenvalue weighted by Crippen LogP contribution is -2.10. The Morgan fingerprint density at radius 3 is 2.68 bits per heavy atom. The van der Waals surface area contributed by atoms with E-state index in [-0.39, 0.29) is 5.82 Å². The summed E-state index contributed by atoms with van der Waals surface area (Å²) in [5.74, 6) is 1.73. The second-order valence-corrected chi connectivity index (χ2v) is 5.42. The zero-order valence-electron chi connectivity index (χ0n) is 12.2. The van der Waals surface area contributed by atoms with Crippen molar-refractivity contribution < 1.29 is 13.9 Å². The molecule has 0 saturated heterocycles. The van der Waals surface area contributed by atoms with Gasteiger partial charge in [0, 0.05) is 11.8 Å². The van der Waals surface area contributed by atoms with E-state index in [1.54, 1.807) is 19.2 Å². The highest BCUT2D eigenvalue weighted by Gasteiger charge is 1.99. The molecule has 0 aliphatic carbocycles. The van der Waals surface area contributed by atoms with Crippen molar-refractivity contribution in [1.29, 1.82) is 0 Å². The highest BCUT2D eigenvalue weighted by molar-refractivity contribution is 8.13. The molecule has 0 fully saturated rings. The third-order valence-corrected chi connectivity index (χ3v) is 3.47. The number of hydrogen-bond donors (Lipinski definition) is 1. The highest BCUT2D eigenvalue weighted by Crippen LogP contribution is 2.20. The fraction of sp³-hybridized carbons (Fsp3) is 0.188. The first-order valence-electron chi connectivity index (χ1n) is 6.67. The average molecular weight is 320 g/mol. The zero-order valence-corrected chi connectivity index (χ0v) is 13.0. The van der Waals surface area contributed by atoms with Gasteiger partial charge < -0.3 is 15.2 Å². The van der Waals surface area contributed by atoms with Gasteiger partial charge in [-0.1, -0.05) is 17.8 Å². The van der Waals surface area contributed by atoms with Gasteiger partial charge >= 0.3 is 0 Å². The smallest absolute Gasteiger partial charge is 0.159 e. The Kier molecular flexibility index (Phi) is 6.09. The van der Waals surface area contributed by atoms with E-state index in [9.17, 15) is 4.39 Å². The fourth-order valence-electron chi connectivity index (χ4n) is 1.68. The number of thioether (sulfide) groups is 1. The Hall–Kier alpha value is -2.21. The van der Waals surface area contributed by atoms with Gasteiger partial charge in [-0.05, 0) is 36.4 Å². The van der Waals surface area contributed by atoms with E-state index >= 15 is 0 Å². The fourth-order valence-corrected chi connectivity index (χ4v) is 2.22. The standard InChI is InChI=1S/C16H17FN2O2S/c1-20-15-4-2-3-13(11-15)19-16(18)22-10-9-21-14-7-5-12(17)6-8-14/h2-8,11H,9-10H2,1H3,(H2,18,19). The van der Waals surface area contributed by atoms with Gasteiger partial charge in [0.15, 0.2) is 5.17 Å². The van der Waals surface area contributed by atoms with Crippen molar-refractivity contribution in [1.82, 2.24) is 0 Å². The van der Waals surface area contributed by atoms with Crippen LogP contribution < -0.4 is 15.2 Å². The molecule has 0 unspecified atom stereocenters. The van der Waals surface area contributed by atoms with E-state index in [1.165, 1.54) is 23.9 Å². The summed E-state index contributed by atoms with van der Waals surface area (Å²) in [4.78, 5) is 4.30. The lowest BCUT2D eigenvalue weighted by Gasteiger charge is -2.06. The van der Waals surface area contributed by atoms with Gasteiger partial charge in [0.25, 0.3) is 0 Å². The molecule has 0 aliphatic rings. The maximum absolute atomic E-state index is 12.7. The molecule has 0 saturated carbocycles. The van der Waals surface area contributed by atoms with Crippen molar-refractivity contribution in [2.24, 2.45) is 10.7 Å². The normalized spacial score (nSPS) is 11.3. The predicted molar refractivity (Wildman–Crippen MR) is 88.6 cm³/mol. The van der Waals surface area contributed by atoms with Crippen LogP contribution in [-0.2, 0) is 0 Å². The van der Waals surface area contributed by atoms with Gasteiger partial charge in [0.2, 0.25) is 0 Å². The molecule has 4 nitrogen and oxygen atoms in total. The summed E-state index contributed by atoms with van der Waals surface area (Å²) in [7, 11) is 1.60. The molecule has 2 aromatic carbocycles. The second kappa shape index (κ2) is 8.29. The highest BCUT2D eigenvalue weighted by atomic mass is 32.2. The summed E-state index contributed by atoms with van der Waals surface area (Å²) in [5, 5.41) is 0.455. The third-order valence-electron chi connectivity index (χ3n) is 2.71. The molecule has 2 aromatic rings. The van der Waals surface area contributed by atoms with Crippen LogP contribution in [0.4, 0.5) is 10.1 Å². The van der Waals surface area contributed by atoms with E-state index in [4.69, 9.17) is 15.2 Å². The van der Waals surface area contributed by atoms with Gasteiger partial charge in [-0.25, -0.2) is 9.38 Å². The first-order valence-corrected chi connectivity index (χ1v) is 7.65. The van der Waals surface area contributed by atoms with Crippen LogP contribution in [0.2, 0.25) is 0 Å². The Morgan fingerprint density at radius 2 is 1.95 bits per heavy atom. The topological polar surface area (TPSA) is 56.8 Å². The van der Waals surface area contributed by atoms with E-state index in [2.05, 4.69) is 4.99 Å². The van der Waals surface area contributed by atoms with Crippen molar-refractivity contribution >= 4 is 22.6 Å². The van der Waals surface area contributed by atoms with Crippen LogP contribution in [0, 0.1) is 5.82 Å². The number of amidine groups is 1. The molecule has 6 heteroatoms. The lowest BCUT2D eigenvalue weighted by atomic mass is 10.3. The average Bonchev–Trinajstić information content (AvgIpc) is 2.53.